The molecule has 13 heteroatoms. The normalized spacial score (nSPS) is 23.5. The van der Waals surface area contributed by atoms with Crippen molar-refractivity contribution in [1.29, 1.82) is 0 Å². The predicted octanol–water partition coefficient (Wildman–Crippen LogP) is 2.31. The molecule has 0 radical (unpaired) electrons. The van der Waals surface area contributed by atoms with E-state index >= 15 is 0 Å². The minimum Gasteiger partial charge on any atom is -0.463 e. The van der Waals surface area contributed by atoms with Gasteiger partial charge in [-0.15, -0.1) is 0 Å². The molecule has 0 aromatic carbocycles. The zero-order valence-corrected chi connectivity index (χ0v) is 20.8. The van der Waals surface area contributed by atoms with Crippen molar-refractivity contribution in [3.05, 3.63) is 10.4 Å². The van der Waals surface area contributed by atoms with Gasteiger partial charge in [0, 0.05) is 45.8 Å². The van der Waals surface area contributed by atoms with Gasteiger partial charge in [-0.2, -0.15) is 0 Å². The third kappa shape index (κ3) is 12.4. The van der Waals surface area contributed by atoms with E-state index in [1.807, 2.05) is 0 Å². The van der Waals surface area contributed by atoms with Crippen LogP contribution in [0.4, 0.5) is 0 Å². The molecule has 0 bridgehead atoms. The van der Waals surface area contributed by atoms with Gasteiger partial charge in [0.05, 0.1) is 0 Å². The van der Waals surface area contributed by atoms with Crippen molar-refractivity contribution in [3.8, 4) is 0 Å². The standard InChI is InChI=1S/C22H36N4O9/c1-14(27)25-19-21(34-17(4)30)20(33-16(3)29)18(13-32-15(2)28)35-22(19)31-12-10-8-6-5-7-9-11-24-26-23/h18-22H,5-13H2,1-4H3,(H,25,27). The van der Waals surface area contributed by atoms with E-state index < -0.39 is 54.5 Å². The Labute approximate surface area is 204 Å². The molecule has 1 saturated heterocycles. The van der Waals surface area contributed by atoms with Crippen molar-refractivity contribution >= 4 is 23.8 Å². The van der Waals surface area contributed by atoms with Gasteiger partial charge in [0.2, 0.25) is 5.91 Å². The molecule has 1 aliphatic rings. The average molecular weight is 501 g/mol. The fourth-order valence-electron chi connectivity index (χ4n) is 3.67. The molecule has 13 nitrogen and oxygen atoms in total. The van der Waals surface area contributed by atoms with Gasteiger partial charge >= 0.3 is 17.9 Å². The summed E-state index contributed by atoms with van der Waals surface area (Å²) in [6.07, 6.45) is 1.09. The van der Waals surface area contributed by atoms with E-state index in [4.69, 9.17) is 29.2 Å². The second kappa shape index (κ2) is 16.7. The van der Waals surface area contributed by atoms with Crippen LogP contribution in [0.15, 0.2) is 5.11 Å². The summed E-state index contributed by atoms with van der Waals surface area (Å²) < 4.78 is 27.7. The maximum absolute atomic E-state index is 11.9. The smallest absolute Gasteiger partial charge is 0.303 e. The first kappa shape index (κ1) is 30.1. The molecule has 0 saturated carbocycles. The highest BCUT2D eigenvalue weighted by atomic mass is 16.7. The Bertz CT molecular complexity index is 757. The number of esters is 3. The minimum absolute atomic E-state index is 0.270. The van der Waals surface area contributed by atoms with Gasteiger partial charge in [-0.3, -0.25) is 19.2 Å². The summed E-state index contributed by atoms with van der Waals surface area (Å²) in [4.78, 5) is 49.5. The molecule has 0 aromatic rings. The molecule has 1 N–H and O–H groups in total. The van der Waals surface area contributed by atoms with Crippen LogP contribution in [0.2, 0.25) is 0 Å². The lowest BCUT2D eigenvalue weighted by Crippen LogP contribution is -2.66. The molecular weight excluding hydrogens is 464 g/mol. The monoisotopic (exact) mass is 500 g/mol. The molecule has 1 amide bonds. The van der Waals surface area contributed by atoms with Crippen molar-refractivity contribution in [1.82, 2.24) is 5.32 Å². The molecule has 5 unspecified atom stereocenters. The van der Waals surface area contributed by atoms with Gasteiger partial charge in [0.1, 0.15) is 18.8 Å². The van der Waals surface area contributed by atoms with E-state index in [1.54, 1.807) is 0 Å². The number of rotatable bonds is 15. The van der Waals surface area contributed by atoms with Crippen molar-refractivity contribution in [2.24, 2.45) is 5.11 Å². The lowest BCUT2D eigenvalue weighted by Gasteiger charge is -2.44. The molecule has 1 aliphatic heterocycles. The van der Waals surface area contributed by atoms with E-state index in [0.29, 0.717) is 19.6 Å². The summed E-state index contributed by atoms with van der Waals surface area (Å²) >= 11 is 0. The molecule has 198 valence electrons. The molecule has 1 heterocycles. The Morgan fingerprint density at radius 2 is 1.49 bits per heavy atom. The van der Waals surface area contributed by atoms with Crippen LogP contribution in [-0.4, -0.2) is 74.2 Å². The van der Waals surface area contributed by atoms with Crippen LogP contribution in [0.25, 0.3) is 10.4 Å². The lowest BCUT2D eigenvalue weighted by molar-refractivity contribution is -0.277. The second-order valence-corrected chi connectivity index (χ2v) is 8.17. The number of hydrogen-bond acceptors (Lipinski definition) is 10. The third-order valence-corrected chi connectivity index (χ3v) is 5.07. The highest BCUT2D eigenvalue weighted by Gasteiger charge is 2.51. The van der Waals surface area contributed by atoms with Gasteiger partial charge in [0.25, 0.3) is 0 Å². The van der Waals surface area contributed by atoms with Gasteiger partial charge < -0.3 is 29.0 Å². The number of nitrogens with zero attached hydrogens (tertiary/aromatic N) is 3. The number of azide groups is 1. The number of carbonyl (C=O) groups is 4. The number of ether oxygens (including phenoxy) is 5. The molecule has 0 spiro atoms. The number of nitrogens with one attached hydrogen (secondary N) is 1. The maximum Gasteiger partial charge on any atom is 0.303 e. The van der Waals surface area contributed by atoms with Gasteiger partial charge in [-0.05, 0) is 18.4 Å². The second-order valence-electron chi connectivity index (χ2n) is 8.17. The zero-order chi connectivity index (χ0) is 26.2. The van der Waals surface area contributed by atoms with Gasteiger partial charge in [0.15, 0.2) is 18.5 Å². The van der Waals surface area contributed by atoms with Crippen LogP contribution in [0.5, 0.6) is 0 Å². The Morgan fingerprint density at radius 1 is 0.886 bits per heavy atom. The summed E-state index contributed by atoms with van der Waals surface area (Å²) in [7, 11) is 0. The number of unbranched alkanes of at least 4 members (excludes halogenated alkanes) is 5. The van der Waals surface area contributed by atoms with Gasteiger partial charge in [-0.25, -0.2) is 0 Å². The molecular formula is C22H36N4O9. The van der Waals surface area contributed by atoms with E-state index in [2.05, 4.69) is 15.3 Å². The summed E-state index contributed by atoms with van der Waals surface area (Å²) in [6, 6.07) is -0.963. The van der Waals surface area contributed by atoms with Crippen LogP contribution < -0.4 is 5.32 Å². The number of amides is 1. The van der Waals surface area contributed by atoms with Crippen LogP contribution >= 0.6 is 0 Å². The largest absolute Gasteiger partial charge is 0.463 e. The maximum atomic E-state index is 11.9. The van der Waals surface area contributed by atoms with Crippen LogP contribution in [0.3, 0.4) is 0 Å². The zero-order valence-electron chi connectivity index (χ0n) is 20.8. The highest BCUT2D eigenvalue weighted by Crippen LogP contribution is 2.28. The lowest BCUT2D eigenvalue weighted by atomic mass is 9.96. The minimum atomic E-state index is -1.14. The van der Waals surface area contributed by atoms with Crippen molar-refractivity contribution in [2.75, 3.05) is 19.8 Å². The number of hydrogen-bond donors (Lipinski definition) is 1. The quantitative estimate of drug-likeness (QED) is 0.0883. The van der Waals surface area contributed by atoms with E-state index in [0.717, 1.165) is 32.1 Å². The third-order valence-electron chi connectivity index (χ3n) is 5.07. The van der Waals surface area contributed by atoms with E-state index in [-0.39, 0.29) is 6.61 Å². The first-order chi connectivity index (χ1) is 16.6. The van der Waals surface area contributed by atoms with Crippen LogP contribution in [0, 0.1) is 0 Å². The van der Waals surface area contributed by atoms with Crippen molar-refractivity contribution in [3.63, 3.8) is 0 Å². The van der Waals surface area contributed by atoms with Crippen molar-refractivity contribution < 1.29 is 42.9 Å². The summed E-state index contributed by atoms with van der Waals surface area (Å²) in [5, 5.41) is 6.16. The Kier molecular flexibility index (Phi) is 14.4. The van der Waals surface area contributed by atoms with E-state index in [9.17, 15) is 19.2 Å². The topological polar surface area (TPSA) is 175 Å². The van der Waals surface area contributed by atoms with Crippen molar-refractivity contribution in [2.45, 2.75) is 96.9 Å². The molecule has 1 fully saturated rings. The van der Waals surface area contributed by atoms with Gasteiger partial charge in [-0.1, -0.05) is 30.8 Å². The Morgan fingerprint density at radius 3 is 2.06 bits per heavy atom. The number of carbonyl (C=O) groups excluding carboxylic acids is 4. The predicted molar refractivity (Wildman–Crippen MR) is 122 cm³/mol. The molecule has 1 rings (SSSR count). The molecule has 0 aliphatic carbocycles. The fourth-order valence-corrected chi connectivity index (χ4v) is 3.67. The highest BCUT2D eigenvalue weighted by molar-refractivity contribution is 5.73. The first-order valence-corrected chi connectivity index (χ1v) is 11.7. The summed E-state index contributed by atoms with van der Waals surface area (Å²) in [5.74, 6) is -2.32. The Balaban J connectivity index is 2.85. The van der Waals surface area contributed by atoms with E-state index in [1.165, 1.54) is 27.7 Å². The average Bonchev–Trinajstić information content (AvgIpc) is 2.76. The summed E-state index contributed by atoms with van der Waals surface area (Å²) in [6.45, 7) is 5.40. The first-order valence-electron chi connectivity index (χ1n) is 11.7. The van der Waals surface area contributed by atoms with Crippen LogP contribution in [0.1, 0.15) is 66.2 Å². The molecule has 35 heavy (non-hydrogen) atoms. The summed E-state index contributed by atoms with van der Waals surface area (Å²) in [5.41, 5.74) is 8.27. The SMILES string of the molecule is CC(=O)NC1C(OCCCCCCCCN=[N+]=[N-])OC(COC(C)=O)C(OC(C)=O)C1OC(C)=O. The molecule has 5 atom stereocenters. The molecule has 0 aromatic heterocycles. The van der Waals surface area contributed by atoms with Crippen LogP contribution in [-0.2, 0) is 42.9 Å². The Hall–Kier alpha value is -2.89. The fraction of sp³-hybridized carbons (Fsp3) is 0.818.